The number of amides is 2. The Balaban J connectivity index is 1.73. The average molecular weight is 469 g/mol. The van der Waals surface area contributed by atoms with Gasteiger partial charge < -0.3 is 25.0 Å². The lowest BCUT2D eigenvalue weighted by Gasteiger charge is -2.31. The van der Waals surface area contributed by atoms with E-state index < -0.39 is 30.1 Å². The van der Waals surface area contributed by atoms with E-state index in [0.717, 1.165) is 0 Å². The topological polar surface area (TPSA) is 120 Å². The lowest BCUT2D eigenvalue weighted by Crippen LogP contribution is -2.52. The number of hydrogen-bond donors (Lipinski definition) is 3. The summed E-state index contributed by atoms with van der Waals surface area (Å²) in [6.07, 6.45) is -2.72. The second kappa shape index (κ2) is 9.77. The summed E-state index contributed by atoms with van der Waals surface area (Å²) in [6.45, 7) is 7.41. The van der Waals surface area contributed by atoms with Crippen LogP contribution < -0.4 is 10.1 Å². The zero-order valence-electron chi connectivity index (χ0n) is 18.2. The first kappa shape index (κ1) is 24.5. The van der Waals surface area contributed by atoms with E-state index in [-0.39, 0.29) is 34.6 Å². The first-order valence-electron chi connectivity index (χ1n) is 10.5. The van der Waals surface area contributed by atoms with E-state index in [4.69, 9.17) is 4.74 Å². The number of aliphatic hydroxyl groups excluding tert-OH is 1. The number of aromatic amines is 1. The number of aliphatic hydroxyl groups is 1. The van der Waals surface area contributed by atoms with Crippen molar-refractivity contribution in [3.8, 4) is 5.88 Å². The molecule has 3 heterocycles. The van der Waals surface area contributed by atoms with Gasteiger partial charge in [0.05, 0.1) is 17.8 Å². The van der Waals surface area contributed by atoms with Gasteiger partial charge >= 0.3 is 6.18 Å². The number of carbonyl (C=O) groups excluding carboxylic acids is 2. The summed E-state index contributed by atoms with van der Waals surface area (Å²) in [5, 5.41) is 11.9. The van der Waals surface area contributed by atoms with E-state index in [1.807, 2.05) is 0 Å². The van der Waals surface area contributed by atoms with Crippen molar-refractivity contribution in [3.63, 3.8) is 0 Å². The van der Waals surface area contributed by atoms with E-state index in [2.05, 4.69) is 26.8 Å². The van der Waals surface area contributed by atoms with Crippen LogP contribution in [0, 0.1) is 5.92 Å². The molecular weight excluding hydrogens is 443 g/mol. The first-order valence-corrected chi connectivity index (χ1v) is 10.5. The van der Waals surface area contributed by atoms with Gasteiger partial charge in [0.1, 0.15) is 11.6 Å². The SMILES string of the molecule is C=CC(=O)N1CCC(Oc2cnc3[nH]cc(C(=O)N[C@H](C(C)C)[C@@H](O)C(F)(F)F)c3n2)CC1. The van der Waals surface area contributed by atoms with Gasteiger partial charge in [-0.1, -0.05) is 20.4 Å². The molecule has 9 nitrogen and oxygen atoms in total. The number of H-pyrrole nitrogens is 1. The Morgan fingerprint density at radius 2 is 2.03 bits per heavy atom. The van der Waals surface area contributed by atoms with Crippen molar-refractivity contribution in [2.24, 2.45) is 5.92 Å². The van der Waals surface area contributed by atoms with E-state index in [0.29, 0.717) is 25.9 Å². The minimum Gasteiger partial charge on any atom is -0.473 e. The number of piperidine rings is 1. The van der Waals surface area contributed by atoms with Crippen LogP contribution in [0.25, 0.3) is 11.2 Å². The van der Waals surface area contributed by atoms with Crippen LogP contribution >= 0.6 is 0 Å². The number of ether oxygens (including phenoxy) is 1. The maximum atomic E-state index is 13.0. The molecular formula is C21H26F3N5O4. The largest absolute Gasteiger partial charge is 0.473 e. The monoisotopic (exact) mass is 469 g/mol. The molecule has 12 heteroatoms. The number of likely N-dealkylation sites (tertiary alicyclic amines) is 1. The smallest absolute Gasteiger partial charge is 0.416 e. The van der Waals surface area contributed by atoms with Gasteiger partial charge in [-0.2, -0.15) is 13.2 Å². The van der Waals surface area contributed by atoms with Gasteiger partial charge in [0.15, 0.2) is 11.8 Å². The lowest BCUT2D eigenvalue weighted by molar-refractivity contribution is -0.214. The minimum atomic E-state index is -4.88. The third kappa shape index (κ3) is 5.62. The summed E-state index contributed by atoms with van der Waals surface area (Å²) < 4.78 is 44.8. The Labute approximate surface area is 188 Å². The predicted molar refractivity (Wildman–Crippen MR) is 112 cm³/mol. The van der Waals surface area contributed by atoms with E-state index in [1.165, 1.54) is 32.3 Å². The molecule has 0 spiro atoms. The summed E-state index contributed by atoms with van der Waals surface area (Å²) in [5.41, 5.74) is 0.374. The summed E-state index contributed by atoms with van der Waals surface area (Å²) in [7, 11) is 0. The molecule has 33 heavy (non-hydrogen) atoms. The fourth-order valence-electron chi connectivity index (χ4n) is 3.64. The maximum Gasteiger partial charge on any atom is 0.416 e. The Kier molecular flexibility index (Phi) is 7.25. The van der Waals surface area contributed by atoms with Crippen LogP contribution in [0.4, 0.5) is 13.2 Å². The highest BCUT2D eigenvalue weighted by atomic mass is 19.4. The molecule has 0 aromatic carbocycles. The van der Waals surface area contributed by atoms with Gasteiger partial charge in [-0.15, -0.1) is 0 Å². The fourth-order valence-corrected chi connectivity index (χ4v) is 3.64. The molecule has 1 aliphatic rings. The van der Waals surface area contributed by atoms with Crippen molar-refractivity contribution in [1.29, 1.82) is 0 Å². The molecule has 2 atom stereocenters. The van der Waals surface area contributed by atoms with Crippen molar-refractivity contribution < 1.29 is 32.6 Å². The van der Waals surface area contributed by atoms with Crippen LogP contribution in [0.5, 0.6) is 5.88 Å². The molecule has 0 bridgehead atoms. The summed E-state index contributed by atoms with van der Waals surface area (Å²) >= 11 is 0. The summed E-state index contributed by atoms with van der Waals surface area (Å²) in [4.78, 5) is 37.3. The zero-order valence-corrected chi connectivity index (χ0v) is 18.2. The number of nitrogens with zero attached hydrogens (tertiary/aromatic N) is 3. The Bertz CT molecular complexity index is 1010. The number of alkyl halides is 3. The third-order valence-electron chi connectivity index (χ3n) is 5.51. The number of carbonyl (C=O) groups is 2. The average Bonchev–Trinajstić information content (AvgIpc) is 3.19. The first-order chi connectivity index (χ1) is 15.5. The molecule has 0 aliphatic carbocycles. The van der Waals surface area contributed by atoms with Crippen molar-refractivity contribution in [2.75, 3.05) is 13.1 Å². The van der Waals surface area contributed by atoms with Crippen LogP contribution in [-0.4, -0.2) is 74.3 Å². The highest BCUT2D eigenvalue weighted by molar-refractivity contribution is 6.04. The quantitative estimate of drug-likeness (QED) is 0.535. The number of nitrogens with one attached hydrogen (secondary N) is 2. The molecule has 2 aromatic rings. The normalized spacial score (nSPS) is 17.1. The maximum absolute atomic E-state index is 13.0. The molecule has 0 unspecified atom stereocenters. The van der Waals surface area contributed by atoms with Crippen LogP contribution in [0.15, 0.2) is 25.0 Å². The lowest BCUT2D eigenvalue weighted by atomic mass is 9.97. The molecule has 2 aromatic heterocycles. The van der Waals surface area contributed by atoms with Crippen molar-refractivity contribution in [3.05, 3.63) is 30.6 Å². The molecule has 0 saturated carbocycles. The van der Waals surface area contributed by atoms with Gasteiger partial charge in [-0.25, -0.2) is 9.97 Å². The molecule has 3 N–H and O–H groups in total. The number of halogens is 3. The molecule has 1 saturated heterocycles. The van der Waals surface area contributed by atoms with E-state index >= 15 is 0 Å². The Morgan fingerprint density at radius 1 is 1.36 bits per heavy atom. The molecule has 0 radical (unpaired) electrons. The summed E-state index contributed by atoms with van der Waals surface area (Å²) in [5.74, 6) is -1.50. The fraction of sp³-hybridized carbons (Fsp3) is 0.524. The highest BCUT2D eigenvalue weighted by Gasteiger charge is 2.45. The van der Waals surface area contributed by atoms with Crippen LogP contribution in [0.2, 0.25) is 0 Å². The Hall–Kier alpha value is -3.15. The summed E-state index contributed by atoms with van der Waals surface area (Å²) in [6, 6.07) is -1.54. The number of aromatic nitrogens is 3. The third-order valence-corrected chi connectivity index (χ3v) is 5.51. The molecule has 1 fully saturated rings. The minimum absolute atomic E-state index is 0.0191. The van der Waals surface area contributed by atoms with Crippen molar-refractivity contribution in [2.45, 2.75) is 51.1 Å². The Morgan fingerprint density at radius 3 is 2.61 bits per heavy atom. The van der Waals surface area contributed by atoms with Gasteiger partial charge in [0.25, 0.3) is 5.91 Å². The van der Waals surface area contributed by atoms with Gasteiger partial charge in [0.2, 0.25) is 11.8 Å². The number of fused-ring (bicyclic) bond motifs is 1. The van der Waals surface area contributed by atoms with Crippen LogP contribution in [-0.2, 0) is 4.79 Å². The second-order valence-corrected chi connectivity index (χ2v) is 8.18. The van der Waals surface area contributed by atoms with Gasteiger partial charge in [0, 0.05) is 32.1 Å². The molecule has 180 valence electrons. The van der Waals surface area contributed by atoms with Gasteiger partial charge in [-0.05, 0) is 12.0 Å². The number of hydrogen-bond acceptors (Lipinski definition) is 6. The zero-order chi connectivity index (χ0) is 24.3. The van der Waals surface area contributed by atoms with Crippen LogP contribution in [0.3, 0.4) is 0 Å². The van der Waals surface area contributed by atoms with Crippen LogP contribution in [0.1, 0.15) is 37.0 Å². The van der Waals surface area contributed by atoms with Crippen molar-refractivity contribution in [1.82, 2.24) is 25.2 Å². The molecule has 3 rings (SSSR count). The molecule has 1 aliphatic heterocycles. The highest BCUT2D eigenvalue weighted by Crippen LogP contribution is 2.26. The number of rotatable bonds is 7. The van der Waals surface area contributed by atoms with E-state index in [1.54, 1.807) is 4.90 Å². The molecule has 2 amide bonds. The van der Waals surface area contributed by atoms with Gasteiger partial charge in [-0.3, -0.25) is 9.59 Å². The van der Waals surface area contributed by atoms with Crippen molar-refractivity contribution >= 4 is 23.0 Å². The van der Waals surface area contributed by atoms with E-state index in [9.17, 15) is 27.9 Å². The second-order valence-electron chi connectivity index (χ2n) is 8.18. The predicted octanol–water partition coefficient (Wildman–Crippen LogP) is 2.19. The standard InChI is InChI=1S/C21H26F3N5O4/c1-4-15(30)29-7-5-12(6-8-29)33-14-10-26-19-17(27-14)13(9-25-19)20(32)28-16(11(2)3)18(31)21(22,23)24/h4,9-12,16,18,31H,1,5-8H2,2-3H3,(H,25,26)(H,28,32)/t16-,18-/m1/s1.